The molecule has 0 aromatic carbocycles. The summed E-state index contributed by atoms with van der Waals surface area (Å²) in [6.07, 6.45) is 4.24. The van der Waals surface area contributed by atoms with Crippen molar-refractivity contribution in [3.05, 3.63) is 0 Å². The van der Waals surface area contributed by atoms with Crippen LogP contribution in [0, 0.1) is 5.92 Å². The Morgan fingerprint density at radius 2 is 2.06 bits per heavy atom. The van der Waals surface area contributed by atoms with E-state index in [2.05, 4.69) is 0 Å². The molecule has 0 aromatic rings. The van der Waals surface area contributed by atoms with Crippen LogP contribution in [0.4, 0.5) is 0 Å². The van der Waals surface area contributed by atoms with Crippen molar-refractivity contribution in [3.63, 3.8) is 0 Å². The van der Waals surface area contributed by atoms with Gasteiger partial charge >= 0.3 is 0 Å². The van der Waals surface area contributed by atoms with E-state index in [1.807, 2.05) is 13.8 Å². The van der Waals surface area contributed by atoms with Crippen molar-refractivity contribution < 1.29 is 8.42 Å². The van der Waals surface area contributed by atoms with Crippen LogP contribution in [0.1, 0.15) is 39.5 Å². The van der Waals surface area contributed by atoms with Gasteiger partial charge < -0.3 is 0 Å². The lowest BCUT2D eigenvalue weighted by molar-refractivity contribution is 0.340. The van der Waals surface area contributed by atoms with Crippen molar-refractivity contribution in [1.82, 2.24) is 4.31 Å². The Morgan fingerprint density at radius 1 is 1.38 bits per heavy atom. The molecule has 1 aliphatic rings. The molecule has 2 unspecified atom stereocenters. The predicted molar refractivity (Wildman–Crippen MR) is 68.3 cm³/mol. The third kappa shape index (κ3) is 3.90. The summed E-state index contributed by atoms with van der Waals surface area (Å²) >= 11 is 5.68. The highest BCUT2D eigenvalue weighted by atomic mass is 35.5. The molecule has 1 heterocycles. The van der Waals surface area contributed by atoms with E-state index in [1.165, 1.54) is 0 Å². The highest BCUT2D eigenvalue weighted by molar-refractivity contribution is 7.89. The molecule has 1 aliphatic heterocycles. The molecule has 0 aliphatic carbocycles. The maximum atomic E-state index is 12.2. The van der Waals surface area contributed by atoms with Gasteiger partial charge in [-0.1, -0.05) is 19.8 Å². The summed E-state index contributed by atoms with van der Waals surface area (Å²) in [5.41, 5.74) is 0. The van der Waals surface area contributed by atoms with Gasteiger partial charge in [0.15, 0.2) is 0 Å². The Hall–Kier alpha value is 0.200. The SMILES string of the molecule is CC(CCl)CS(=O)(=O)N1CCCCCC1C. The minimum Gasteiger partial charge on any atom is -0.212 e. The molecule has 0 saturated carbocycles. The number of rotatable bonds is 4. The topological polar surface area (TPSA) is 37.4 Å². The van der Waals surface area contributed by atoms with E-state index in [0.717, 1.165) is 25.7 Å². The van der Waals surface area contributed by atoms with Crippen molar-refractivity contribution in [2.24, 2.45) is 5.92 Å². The Kier molecular flexibility index (Phi) is 5.54. The van der Waals surface area contributed by atoms with Gasteiger partial charge in [-0.15, -0.1) is 11.6 Å². The summed E-state index contributed by atoms with van der Waals surface area (Å²) in [4.78, 5) is 0. The molecule has 0 aromatic heterocycles. The first kappa shape index (κ1) is 14.3. The van der Waals surface area contributed by atoms with Gasteiger partial charge in [0, 0.05) is 18.5 Å². The molecule has 0 spiro atoms. The summed E-state index contributed by atoms with van der Waals surface area (Å²) in [6, 6.07) is 0.148. The number of alkyl halides is 1. The monoisotopic (exact) mass is 267 g/mol. The Balaban J connectivity index is 2.72. The maximum Gasteiger partial charge on any atom is 0.214 e. The van der Waals surface area contributed by atoms with Crippen LogP contribution in [0.5, 0.6) is 0 Å². The third-order valence-corrected chi connectivity index (χ3v) is 5.88. The summed E-state index contributed by atoms with van der Waals surface area (Å²) in [7, 11) is -3.12. The first-order chi connectivity index (χ1) is 7.47. The molecule has 1 fully saturated rings. The maximum absolute atomic E-state index is 12.2. The number of halogens is 1. The molecule has 0 amide bonds. The number of nitrogens with zero attached hydrogens (tertiary/aromatic N) is 1. The highest BCUT2D eigenvalue weighted by Crippen LogP contribution is 2.21. The minimum absolute atomic E-state index is 0.0297. The average Bonchev–Trinajstić information content (AvgIpc) is 2.42. The Labute approximate surface area is 104 Å². The second-order valence-electron chi connectivity index (χ2n) is 4.85. The van der Waals surface area contributed by atoms with Gasteiger partial charge in [-0.2, -0.15) is 4.31 Å². The van der Waals surface area contributed by atoms with Crippen molar-refractivity contribution >= 4 is 21.6 Å². The third-order valence-electron chi connectivity index (χ3n) is 3.11. The molecule has 2 atom stereocenters. The normalized spacial score (nSPS) is 26.3. The Bertz CT molecular complexity index is 305. The van der Waals surface area contributed by atoms with E-state index < -0.39 is 10.0 Å². The van der Waals surface area contributed by atoms with E-state index >= 15 is 0 Å². The average molecular weight is 268 g/mol. The highest BCUT2D eigenvalue weighted by Gasteiger charge is 2.29. The standard InChI is InChI=1S/C11H22ClNO2S/c1-10(8-12)9-16(14,15)13-7-5-3-4-6-11(13)2/h10-11H,3-9H2,1-2H3. The first-order valence-corrected chi connectivity index (χ1v) is 8.17. The zero-order valence-corrected chi connectivity index (χ0v) is 11.7. The van der Waals surface area contributed by atoms with Gasteiger partial charge in [0.1, 0.15) is 0 Å². The molecule has 3 nitrogen and oxygen atoms in total. The van der Waals surface area contributed by atoms with Crippen LogP contribution in [0.15, 0.2) is 0 Å². The molecular formula is C11H22ClNO2S. The summed E-state index contributed by atoms with van der Waals surface area (Å²) in [6.45, 7) is 4.57. The zero-order valence-electron chi connectivity index (χ0n) is 10.2. The lowest BCUT2D eigenvalue weighted by atomic mass is 10.1. The predicted octanol–water partition coefficient (Wildman–Crippen LogP) is 2.46. The van der Waals surface area contributed by atoms with E-state index in [4.69, 9.17) is 11.6 Å². The van der Waals surface area contributed by atoms with E-state index in [9.17, 15) is 8.42 Å². The van der Waals surface area contributed by atoms with Crippen molar-refractivity contribution in [1.29, 1.82) is 0 Å². The second kappa shape index (κ2) is 6.22. The van der Waals surface area contributed by atoms with Crippen LogP contribution in [0.25, 0.3) is 0 Å². The van der Waals surface area contributed by atoms with Gasteiger partial charge in [0.05, 0.1) is 5.75 Å². The van der Waals surface area contributed by atoms with Crippen molar-refractivity contribution in [3.8, 4) is 0 Å². The van der Waals surface area contributed by atoms with Gasteiger partial charge in [-0.3, -0.25) is 0 Å². The van der Waals surface area contributed by atoms with Gasteiger partial charge in [-0.05, 0) is 25.7 Å². The van der Waals surface area contributed by atoms with Crippen LogP contribution in [0.2, 0.25) is 0 Å². The summed E-state index contributed by atoms with van der Waals surface area (Å²) < 4.78 is 26.1. The molecule has 0 bridgehead atoms. The van der Waals surface area contributed by atoms with Crippen molar-refractivity contribution in [2.45, 2.75) is 45.6 Å². The summed E-state index contributed by atoms with van der Waals surface area (Å²) in [5.74, 6) is 0.615. The number of hydrogen-bond donors (Lipinski definition) is 0. The second-order valence-corrected chi connectivity index (χ2v) is 7.12. The lowest BCUT2D eigenvalue weighted by Crippen LogP contribution is -2.41. The Morgan fingerprint density at radius 3 is 2.69 bits per heavy atom. The minimum atomic E-state index is -3.12. The van der Waals surface area contributed by atoms with Crippen molar-refractivity contribution in [2.75, 3.05) is 18.2 Å². The fraction of sp³-hybridized carbons (Fsp3) is 1.00. The molecular weight excluding hydrogens is 246 g/mol. The van der Waals surface area contributed by atoms with Crippen LogP contribution >= 0.6 is 11.6 Å². The van der Waals surface area contributed by atoms with Crippen LogP contribution in [0.3, 0.4) is 0 Å². The molecule has 0 N–H and O–H groups in total. The largest absolute Gasteiger partial charge is 0.214 e. The number of sulfonamides is 1. The van der Waals surface area contributed by atoms with E-state index in [-0.39, 0.29) is 17.7 Å². The molecule has 1 rings (SSSR count). The number of hydrogen-bond acceptors (Lipinski definition) is 2. The fourth-order valence-corrected chi connectivity index (χ4v) is 4.49. The molecule has 1 saturated heterocycles. The molecule has 5 heteroatoms. The quantitative estimate of drug-likeness (QED) is 0.734. The van der Waals surface area contributed by atoms with E-state index in [1.54, 1.807) is 4.31 Å². The van der Waals surface area contributed by atoms with Crippen LogP contribution in [-0.4, -0.2) is 36.9 Å². The van der Waals surface area contributed by atoms with Gasteiger partial charge in [0.2, 0.25) is 10.0 Å². The van der Waals surface area contributed by atoms with Gasteiger partial charge in [-0.25, -0.2) is 8.42 Å². The summed E-state index contributed by atoms with van der Waals surface area (Å²) in [5, 5.41) is 0. The van der Waals surface area contributed by atoms with E-state index in [0.29, 0.717) is 12.4 Å². The van der Waals surface area contributed by atoms with Crippen LogP contribution < -0.4 is 0 Å². The molecule has 96 valence electrons. The molecule has 0 radical (unpaired) electrons. The molecule has 16 heavy (non-hydrogen) atoms. The lowest BCUT2D eigenvalue weighted by Gasteiger charge is -2.27. The van der Waals surface area contributed by atoms with Gasteiger partial charge in [0.25, 0.3) is 0 Å². The van der Waals surface area contributed by atoms with Crippen LogP contribution in [-0.2, 0) is 10.0 Å². The fourth-order valence-electron chi connectivity index (χ4n) is 2.16. The first-order valence-electron chi connectivity index (χ1n) is 6.03. The smallest absolute Gasteiger partial charge is 0.212 e. The zero-order chi connectivity index (χ0) is 12.2.